The van der Waals surface area contributed by atoms with Crippen LogP contribution in [-0.4, -0.2) is 9.55 Å². The van der Waals surface area contributed by atoms with E-state index in [-0.39, 0.29) is 0 Å². The molecule has 0 N–H and O–H groups in total. The highest BCUT2D eigenvalue weighted by Crippen LogP contribution is 2.37. The van der Waals surface area contributed by atoms with Gasteiger partial charge in [-0.3, -0.25) is 0 Å². The third-order valence-electron chi connectivity index (χ3n) is 7.22. The van der Waals surface area contributed by atoms with Crippen LogP contribution in [0.1, 0.15) is 5.56 Å². The molecule has 180 valence electrons. The summed E-state index contributed by atoms with van der Waals surface area (Å²) in [5.41, 5.74) is 6.77. The van der Waals surface area contributed by atoms with Crippen LogP contribution in [0.3, 0.4) is 0 Å². The van der Waals surface area contributed by atoms with E-state index in [4.69, 9.17) is 4.98 Å². The van der Waals surface area contributed by atoms with Crippen molar-refractivity contribution in [2.45, 2.75) is 6.54 Å². The van der Waals surface area contributed by atoms with Gasteiger partial charge in [-0.05, 0) is 39.2 Å². The molecule has 0 spiro atoms. The van der Waals surface area contributed by atoms with E-state index in [0.717, 1.165) is 40.4 Å². The van der Waals surface area contributed by atoms with Crippen LogP contribution in [0.5, 0.6) is 0 Å². The first-order valence-electron chi connectivity index (χ1n) is 13.0. The molecule has 0 aliphatic rings. The van der Waals surface area contributed by atoms with Crippen LogP contribution in [0.15, 0.2) is 146 Å². The summed E-state index contributed by atoms with van der Waals surface area (Å²) in [7, 11) is 0. The van der Waals surface area contributed by atoms with Crippen LogP contribution in [0.4, 0.5) is 0 Å². The minimum Gasteiger partial charge on any atom is -0.319 e. The average Bonchev–Trinajstić information content (AvgIpc) is 3.36. The second-order valence-electron chi connectivity index (χ2n) is 9.69. The molecule has 0 unspecified atom stereocenters. The highest BCUT2D eigenvalue weighted by molar-refractivity contribution is 5.89. The van der Waals surface area contributed by atoms with Gasteiger partial charge in [0.25, 0.3) is 0 Å². The molecule has 0 aliphatic heterocycles. The Hall–Kier alpha value is -4.95. The van der Waals surface area contributed by atoms with Gasteiger partial charge in [0.15, 0.2) is 0 Å². The van der Waals surface area contributed by atoms with E-state index in [1.165, 1.54) is 27.1 Å². The molecule has 7 rings (SSSR count). The molecule has 0 atom stereocenters. The Morgan fingerprint density at radius 1 is 0.447 bits per heavy atom. The topological polar surface area (TPSA) is 17.8 Å². The quantitative estimate of drug-likeness (QED) is 0.237. The van der Waals surface area contributed by atoms with Crippen molar-refractivity contribution < 1.29 is 0 Å². The Morgan fingerprint density at radius 3 is 1.68 bits per heavy atom. The zero-order valence-corrected chi connectivity index (χ0v) is 21.0. The Kier molecular flexibility index (Phi) is 5.56. The molecule has 38 heavy (non-hydrogen) atoms. The molecule has 6 aromatic carbocycles. The lowest BCUT2D eigenvalue weighted by molar-refractivity contribution is 0.816. The third kappa shape index (κ3) is 4.07. The van der Waals surface area contributed by atoms with E-state index in [0.29, 0.717) is 0 Å². The van der Waals surface area contributed by atoms with Crippen LogP contribution in [0, 0.1) is 0 Å². The number of hydrogen-bond donors (Lipinski definition) is 0. The Labute approximate surface area is 222 Å². The molecule has 0 amide bonds. The fourth-order valence-corrected chi connectivity index (χ4v) is 5.36. The molecular weight excluding hydrogens is 460 g/mol. The lowest BCUT2D eigenvalue weighted by Gasteiger charge is -2.15. The molecule has 7 aromatic rings. The molecule has 1 heterocycles. The van der Waals surface area contributed by atoms with E-state index in [2.05, 4.69) is 150 Å². The molecule has 0 radical (unpaired) electrons. The van der Waals surface area contributed by atoms with Crippen molar-refractivity contribution in [3.05, 3.63) is 151 Å². The first kappa shape index (κ1) is 22.3. The van der Waals surface area contributed by atoms with E-state index in [1.54, 1.807) is 0 Å². The van der Waals surface area contributed by atoms with Gasteiger partial charge in [0.1, 0.15) is 5.82 Å². The maximum absolute atomic E-state index is 5.36. The fourth-order valence-electron chi connectivity index (χ4n) is 5.36. The van der Waals surface area contributed by atoms with Gasteiger partial charge < -0.3 is 4.57 Å². The summed E-state index contributed by atoms with van der Waals surface area (Å²) in [6, 6.07) is 51.7. The van der Waals surface area contributed by atoms with Crippen LogP contribution < -0.4 is 0 Å². The number of aromatic nitrogens is 2. The first-order valence-corrected chi connectivity index (χ1v) is 13.0. The van der Waals surface area contributed by atoms with Gasteiger partial charge in [0, 0.05) is 23.2 Å². The zero-order chi connectivity index (χ0) is 25.3. The molecule has 0 saturated heterocycles. The van der Waals surface area contributed by atoms with Gasteiger partial charge in [0.05, 0.1) is 11.4 Å². The highest BCUT2D eigenvalue weighted by atomic mass is 15.1. The second kappa shape index (κ2) is 9.49. The Morgan fingerprint density at radius 2 is 1.00 bits per heavy atom. The number of nitrogens with zero attached hydrogens (tertiary/aromatic N) is 2. The van der Waals surface area contributed by atoms with Crippen LogP contribution >= 0.6 is 0 Å². The first-order chi connectivity index (χ1) is 18.8. The number of benzene rings is 6. The zero-order valence-electron chi connectivity index (χ0n) is 21.0. The van der Waals surface area contributed by atoms with E-state index < -0.39 is 0 Å². The number of imidazole rings is 1. The standard InChI is InChI=1S/C36H26N2/c1-3-13-29(14-4-1)34-35(30-15-5-2-6-16-30)38(25-26-19-20-27-11-7-9-17-31(27)23-26)36(37-34)33-22-21-28-12-8-10-18-32(28)24-33/h1-24H,25H2. The van der Waals surface area contributed by atoms with Crippen molar-refractivity contribution in [2.75, 3.05) is 0 Å². The van der Waals surface area contributed by atoms with Crippen molar-refractivity contribution in [2.24, 2.45) is 0 Å². The summed E-state index contributed by atoms with van der Waals surface area (Å²) in [6.45, 7) is 0.719. The summed E-state index contributed by atoms with van der Waals surface area (Å²) in [6.07, 6.45) is 0. The predicted molar refractivity (Wildman–Crippen MR) is 159 cm³/mol. The average molecular weight is 487 g/mol. The molecule has 0 saturated carbocycles. The largest absolute Gasteiger partial charge is 0.319 e. The Bertz CT molecular complexity index is 1880. The minimum absolute atomic E-state index is 0.719. The maximum Gasteiger partial charge on any atom is 0.141 e. The van der Waals surface area contributed by atoms with Crippen LogP contribution in [0.2, 0.25) is 0 Å². The van der Waals surface area contributed by atoms with Gasteiger partial charge in [-0.25, -0.2) is 4.98 Å². The van der Waals surface area contributed by atoms with Gasteiger partial charge in [-0.1, -0.05) is 133 Å². The normalized spacial score (nSPS) is 11.3. The maximum atomic E-state index is 5.36. The van der Waals surface area contributed by atoms with Crippen molar-refractivity contribution in [1.82, 2.24) is 9.55 Å². The molecule has 2 heteroatoms. The second-order valence-corrected chi connectivity index (χ2v) is 9.69. The van der Waals surface area contributed by atoms with Crippen molar-refractivity contribution in [3.8, 4) is 33.9 Å². The summed E-state index contributed by atoms with van der Waals surface area (Å²) >= 11 is 0. The Balaban J connectivity index is 1.49. The predicted octanol–water partition coefficient (Wildman–Crippen LogP) is 9.24. The highest BCUT2D eigenvalue weighted by Gasteiger charge is 2.21. The van der Waals surface area contributed by atoms with Crippen LogP contribution in [-0.2, 0) is 6.54 Å². The van der Waals surface area contributed by atoms with Gasteiger partial charge in [0.2, 0.25) is 0 Å². The van der Waals surface area contributed by atoms with Crippen molar-refractivity contribution in [1.29, 1.82) is 0 Å². The molecular formula is C36H26N2. The van der Waals surface area contributed by atoms with Crippen LogP contribution in [0.25, 0.3) is 55.4 Å². The van der Waals surface area contributed by atoms with Crippen molar-refractivity contribution in [3.63, 3.8) is 0 Å². The lowest BCUT2D eigenvalue weighted by Crippen LogP contribution is -2.05. The van der Waals surface area contributed by atoms with Gasteiger partial charge in [-0.15, -0.1) is 0 Å². The third-order valence-corrected chi connectivity index (χ3v) is 7.22. The molecule has 0 aliphatic carbocycles. The summed E-state index contributed by atoms with van der Waals surface area (Å²) < 4.78 is 2.39. The number of fused-ring (bicyclic) bond motifs is 2. The molecule has 1 aromatic heterocycles. The van der Waals surface area contributed by atoms with Gasteiger partial charge >= 0.3 is 0 Å². The van der Waals surface area contributed by atoms with Gasteiger partial charge in [-0.2, -0.15) is 0 Å². The summed E-state index contributed by atoms with van der Waals surface area (Å²) in [5.74, 6) is 0.974. The summed E-state index contributed by atoms with van der Waals surface area (Å²) in [5, 5.41) is 4.95. The summed E-state index contributed by atoms with van der Waals surface area (Å²) in [4.78, 5) is 5.36. The molecule has 2 nitrogen and oxygen atoms in total. The molecule has 0 fully saturated rings. The molecule has 0 bridgehead atoms. The number of hydrogen-bond acceptors (Lipinski definition) is 1. The number of rotatable bonds is 5. The minimum atomic E-state index is 0.719. The van der Waals surface area contributed by atoms with E-state index in [9.17, 15) is 0 Å². The fraction of sp³-hybridized carbons (Fsp3) is 0.0278. The van der Waals surface area contributed by atoms with E-state index in [1.807, 2.05) is 0 Å². The smallest absolute Gasteiger partial charge is 0.141 e. The van der Waals surface area contributed by atoms with Crippen molar-refractivity contribution >= 4 is 21.5 Å². The monoisotopic (exact) mass is 486 g/mol. The van der Waals surface area contributed by atoms with E-state index >= 15 is 0 Å². The lowest BCUT2D eigenvalue weighted by atomic mass is 10.0. The SMILES string of the molecule is c1ccc(-c2nc(-c3ccc4ccccc4c3)n(Cc3ccc4ccccc4c3)c2-c2ccccc2)cc1.